The van der Waals surface area contributed by atoms with E-state index in [1.807, 2.05) is 48.5 Å². The van der Waals surface area contributed by atoms with Gasteiger partial charge in [0.25, 0.3) is 11.8 Å². The third-order valence-corrected chi connectivity index (χ3v) is 8.15. The molecular formula is C30H31NO6S. The number of hydrogen-bond donors (Lipinski definition) is 2. The van der Waals surface area contributed by atoms with Gasteiger partial charge in [-0.2, -0.15) is 11.8 Å². The summed E-state index contributed by atoms with van der Waals surface area (Å²) < 4.78 is 12.9. The van der Waals surface area contributed by atoms with Crippen LogP contribution in [-0.4, -0.2) is 51.1 Å². The molecule has 1 saturated heterocycles. The van der Waals surface area contributed by atoms with Gasteiger partial charge in [0, 0.05) is 23.0 Å². The second kappa shape index (κ2) is 11.8. The minimum absolute atomic E-state index is 0.0133. The van der Waals surface area contributed by atoms with E-state index in [1.54, 1.807) is 36.0 Å². The predicted molar refractivity (Wildman–Crippen MR) is 144 cm³/mol. The van der Waals surface area contributed by atoms with Gasteiger partial charge in [0.2, 0.25) is 0 Å². The van der Waals surface area contributed by atoms with Gasteiger partial charge >= 0.3 is 0 Å². The van der Waals surface area contributed by atoms with Crippen LogP contribution in [0.25, 0.3) is 0 Å². The zero-order valence-electron chi connectivity index (χ0n) is 21.2. The number of rotatable bonds is 9. The molecule has 7 nitrogen and oxygen atoms in total. The van der Waals surface area contributed by atoms with Crippen LogP contribution in [-0.2, 0) is 22.6 Å². The van der Waals surface area contributed by atoms with Gasteiger partial charge in [-0.25, -0.2) is 0 Å². The molecular weight excluding hydrogens is 502 g/mol. The zero-order valence-corrected chi connectivity index (χ0v) is 22.0. The van der Waals surface area contributed by atoms with Crippen molar-refractivity contribution in [3.63, 3.8) is 0 Å². The van der Waals surface area contributed by atoms with Gasteiger partial charge in [0.05, 0.1) is 43.1 Å². The second-order valence-electron chi connectivity index (χ2n) is 9.60. The Labute approximate surface area is 226 Å². The molecule has 5 rings (SSSR count). The molecule has 4 atom stereocenters. The average Bonchev–Trinajstić information content (AvgIpc) is 3.19. The summed E-state index contributed by atoms with van der Waals surface area (Å²) in [4.78, 5) is 26.8. The number of benzene rings is 3. The summed E-state index contributed by atoms with van der Waals surface area (Å²) in [5, 5.41) is 18.6. The zero-order chi connectivity index (χ0) is 26.6. The lowest BCUT2D eigenvalue weighted by Crippen LogP contribution is -2.38. The maximum atomic E-state index is 12.7. The fourth-order valence-corrected chi connectivity index (χ4v) is 5.83. The monoisotopic (exact) mass is 533 g/mol. The molecule has 1 fully saturated rings. The molecule has 0 aliphatic carbocycles. The van der Waals surface area contributed by atoms with Crippen LogP contribution in [0.3, 0.4) is 0 Å². The molecule has 38 heavy (non-hydrogen) atoms. The largest absolute Gasteiger partial charge is 0.396 e. The quantitative estimate of drug-likeness (QED) is 0.309. The molecule has 3 aromatic carbocycles. The first kappa shape index (κ1) is 26.6. The smallest absolute Gasteiger partial charge is 0.261 e. The van der Waals surface area contributed by atoms with Crippen LogP contribution in [0.2, 0.25) is 0 Å². The van der Waals surface area contributed by atoms with Gasteiger partial charge < -0.3 is 19.7 Å². The summed E-state index contributed by atoms with van der Waals surface area (Å²) in [6.07, 6.45) is -0.896. The minimum Gasteiger partial charge on any atom is -0.396 e. The van der Waals surface area contributed by atoms with Crippen molar-refractivity contribution < 1.29 is 29.3 Å². The summed E-state index contributed by atoms with van der Waals surface area (Å²) in [5.41, 5.74) is 4.41. The van der Waals surface area contributed by atoms with Gasteiger partial charge in [-0.05, 0) is 28.8 Å². The number of aliphatic hydroxyl groups is 2. The van der Waals surface area contributed by atoms with Gasteiger partial charge in [0.15, 0.2) is 6.29 Å². The Morgan fingerprint density at radius 1 is 0.816 bits per heavy atom. The van der Waals surface area contributed by atoms with Crippen molar-refractivity contribution in [3.8, 4) is 0 Å². The number of ether oxygens (including phenoxy) is 2. The van der Waals surface area contributed by atoms with Crippen molar-refractivity contribution >= 4 is 23.6 Å². The number of carbonyl (C=O) groups excluding carboxylic acids is 2. The average molecular weight is 534 g/mol. The highest BCUT2D eigenvalue weighted by molar-refractivity contribution is 7.99. The molecule has 0 saturated carbocycles. The molecule has 2 aliphatic heterocycles. The molecule has 0 unspecified atom stereocenters. The highest BCUT2D eigenvalue weighted by Crippen LogP contribution is 2.42. The lowest BCUT2D eigenvalue weighted by atomic mass is 9.91. The van der Waals surface area contributed by atoms with Gasteiger partial charge in [-0.3, -0.25) is 14.5 Å². The standard InChI is InChI=1S/C30H31NO6S/c1-19-26(18-38-15-14-32)36-30(37-27(19)22-10-8-21(17-33)9-11-22)23-12-6-20(7-13-23)16-31-28(34)24-4-2-3-5-25(24)29(31)35/h2-13,19,26-27,30,32-33H,14-18H2,1H3/t19-,26+,27+,30+/m1/s1. The Hall–Kier alpha value is -3.01. The first-order valence-corrected chi connectivity index (χ1v) is 13.9. The molecule has 0 aromatic heterocycles. The van der Waals surface area contributed by atoms with Crippen LogP contribution in [0.5, 0.6) is 0 Å². The normalized spacial score (nSPS) is 23.1. The van der Waals surface area contributed by atoms with Crippen LogP contribution in [0, 0.1) is 5.92 Å². The molecule has 2 N–H and O–H groups in total. The van der Waals surface area contributed by atoms with Crippen molar-refractivity contribution in [3.05, 3.63) is 106 Å². The number of imide groups is 1. The first-order valence-electron chi connectivity index (χ1n) is 12.7. The number of hydrogen-bond acceptors (Lipinski definition) is 7. The molecule has 2 amide bonds. The van der Waals surface area contributed by atoms with Crippen LogP contribution < -0.4 is 0 Å². The van der Waals surface area contributed by atoms with Crippen LogP contribution in [0.15, 0.2) is 72.8 Å². The number of fused-ring (bicyclic) bond motifs is 1. The molecule has 0 radical (unpaired) electrons. The van der Waals surface area contributed by atoms with Crippen molar-refractivity contribution in [1.29, 1.82) is 0 Å². The third-order valence-electron chi connectivity index (χ3n) is 7.11. The maximum absolute atomic E-state index is 12.7. The Morgan fingerprint density at radius 3 is 2.03 bits per heavy atom. The predicted octanol–water partition coefficient (Wildman–Crippen LogP) is 4.49. The Kier molecular flexibility index (Phi) is 8.26. The Balaban J connectivity index is 1.33. The number of nitrogens with zero attached hydrogens (tertiary/aromatic N) is 1. The summed E-state index contributed by atoms with van der Waals surface area (Å²) >= 11 is 1.65. The van der Waals surface area contributed by atoms with Crippen molar-refractivity contribution in [2.45, 2.75) is 38.6 Å². The van der Waals surface area contributed by atoms with Crippen molar-refractivity contribution in [1.82, 2.24) is 4.90 Å². The van der Waals surface area contributed by atoms with E-state index in [2.05, 4.69) is 6.92 Å². The van der Waals surface area contributed by atoms with E-state index in [9.17, 15) is 19.8 Å². The topological polar surface area (TPSA) is 96.3 Å². The molecule has 0 bridgehead atoms. The van der Waals surface area contributed by atoms with E-state index in [0.717, 1.165) is 28.0 Å². The second-order valence-corrected chi connectivity index (χ2v) is 10.8. The van der Waals surface area contributed by atoms with E-state index in [0.29, 0.717) is 16.9 Å². The molecule has 8 heteroatoms. The fraction of sp³-hybridized carbons (Fsp3) is 0.333. The number of carbonyl (C=O) groups is 2. The summed E-state index contributed by atoms with van der Waals surface area (Å²) in [7, 11) is 0. The van der Waals surface area contributed by atoms with Crippen molar-refractivity contribution in [2.75, 3.05) is 18.1 Å². The molecule has 0 spiro atoms. The van der Waals surface area contributed by atoms with Gasteiger partial charge in [0.1, 0.15) is 0 Å². The van der Waals surface area contributed by atoms with Crippen LogP contribution in [0.4, 0.5) is 0 Å². The Bertz CT molecular complexity index is 1240. The molecule has 2 aliphatic rings. The van der Waals surface area contributed by atoms with E-state index in [1.165, 1.54) is 4.90 Å². The number of amides is 2. The van der Waals surface area contributed by atoms with Crippen molar-refractivity contribution in [2.24, 2.45) is 5.92 Å². The van der Waals surface area contributed by atoms with E-state index in [4.69, 9.17) is 9.47 Å². The number of thioether (sulfide) groups is 1. The van der Waals surface area contributed by atoms with E-state index >= 15 is 0 Å². The van der Waals surface area contributed by atoms with Gasteiger partial charge in [-0.1, -0.05) is 67.6 Å². The first-order chi connectivity index (χ1) is 18.5. The summed E-state index contributed by atoms with van der Waals surface area (Å²) in [5.74, 6) is 0.887. The molecule has 198 valence electrons. The minimum atomic E-state index is -0.596. The summed E-state index contributed by atoms with van der Waals surface area (Å²) in [6, 6.07) is 22.3. The number of aliphatic hydroxyl groups excluding tert-OH is 2. The SMILES string of the molecule is C[C@@H]1[C@H](CSCCO)O[C@H](c2ccc(CN3C(=O)c4ccccc4C3=O)cc2)O[C@@H]1c1ccc(CO)cc1. The van der Waals surface area contributed by atoms with Crippen LogP contribution in [0.1, 0.15) is 62.3 Å². The highest BCUT2D eigenvalue weighted by atomic mass is 32.2. The lowest BCUT2D eigenvalue weighted by molar-refractivity contribution is -0.268. The van der Waals surface area contributed by atoms with Gasteiger partial charge in [-0.15, -0.1) is 0 Å². The van der Waals surface area contributed by atoms with Crippen LogP contribution >= 0.6 is 11.8 Å². The highest BCUT2D eigenvalue weighted by Gasteiger charge is 2.38. The fourth-order valence-electron chi connectivity index (χ4n) is 4.92. The lowest BCUT2D eigenvalue weighted by Gasteiger charge is -2.41. The maximum Gasteiger partial charge on any atom is 0.261 e. The third kappa shape index (κ3) is 5.41. The molecule has 3 aromatic rings. The van der Waals surface area contributed by atoms with E-state index in [-0.39, 0.29) is 49.7 Å². The summed E-state index contributed by atoms with van der Waals surface area (Å²) in [6.45, 7) is 2.40. The van der Waals surface area contributed by atoms with E-state index < -0.39 is 6.29 Å². The molecule has 2 heterocycles. The Morgan fingerprint density at radius 2 is 1.42 bits per heavy atom.